The minimum atomic E-state index is -4.21. The lowest BCUT2D eigenvalue weighted by atomic mass is 10.1. The third-order valence-electron chi connectivity index (χ3n) is 4.76. The van der Waals surface area contributed by atoms with Gasteiger partial charge in [0.05, 0.1) is 18.8 Å². The van der Waals surface area contributed by atoms with Crippen LogP contribution in [0.15, 0.2) is 30.3 Å². The average molecular weight is 422 g/mol. The van der Waals surface area contributed by atoms with Gasteiger partial charge in [-0.05, 0) is 52.4 Å². The highest BCUT2D eigenvalue weighted by atomic mass is 19.4. The smallest absolute Gasteiger partial charge is 0.353 e. The number of amides is 1. The van der Waals surface area contributed by atoms with Gasteiger partial charge in [0.15, 0.2) is 0 Å². The van der Waals surface area contributed by atoms with E-state index in [2.05, 4.69) is 34.7 Å². The number of hydrogen-bond donors (Lipinski definition) is 1. The van der Waals surface area contributed by atoms with Crippen molar-refractivity contribution in [2.75, 3.05) is 26.7 Å². The maximum atomic E-state index is 12.3. The lowest BCUT2D eigenvalue weighted by Crippen LogP contribution is -2.33. The van der Waals surface area contributed by atoms with Crippen molar-refractivity contribution in [1.29, 1.82) is 0 Å². The lowest BCUT2D eigenvalue weighted by Gasteiger charge is -2.18. The third kappa shape index (κ3) is 7.67. The fourth-order valence-electron chi connectivity index (χ4n) is 3.14. The van der Waals surface area contributed by atoms with Crippen molar-refractivity contribution >= 4 is 12.0 Å². The molecule has 2 rings (SSSR count). The van der Waals surface area contributed by atoms with Crippen LogP contribution in [0.2, 0.25) is 0 Å². The molecule has 0 radical (unpaired) electrons. The Morgan fingerprint density at radius 1 is 1.20 bits per heavy atom. The predicted octanol–water partition coefficient (Wildman–Crippen LogP) is 3.87. The molecule has 164 valence electrons. The topological polar surface area (TPSA) is 50.2 Å². The number of carbonyl (C=O) groups is 1. The van der Waals surface area contributed by atoms with E-state index in [1.54, 1.807) is 6.08 Å². The highest BCUT2D eigenvalue weighted by molar-refractivity contribution is 5.91. The number of aryl methyl sites for hydroxylation is 2. The van der Waals surface area contributed by atoms with Crippen molar-refractivity contribution in [3.63, 3.8) is 0 Å². The lowest BCUT2D eigenvalue weighted by molar-refractivity contribution is -0.143. The number of nitrogens with zero attached hydrogens (tertiary/aromatic N) is 3. The van der Waals surface area contributed by atoms with Crippen LogP contribution in [0.25, 0.3) is 6.08 Å². The summed E-state index contributed by atoms with van der Waals surface area (Å²) in [5.41, 5.74) is 5.04. The van der Waals surface area contributed by atoms with Crippen LogP contribution in [0, 0.1) is 20.8 Å². The summed E-state index contributed by atoms with van der Waals surface area (Å²) in [6, 6.07) is 8.27. The molecule has 0 fully saturated rings. The second-order valence-corrected chi connectivity index (χ2v) is 7.56. The summed E-state index contributed by atoms with van der Waals surface area (Å²) in [6.45, 7) is 6.17. The van der Waals surface area contributed by atoms with Gasteiger partial charge in [0.2, 0.25) is 5.91 Å². The third-order valence-corrected chi connectivity index (χ3v) is 4.76. The summed E-state index contributed by atoms with van der Waals surface area (Å²) in [7, 11) is 1.41. The van der Waals surface area contributed by atoms with Crippen molar-refractivity contribution < 1.29 is 18.0 Å². The molecule has 0 aliphatic rings. The maximum Gasteiger partial charge on any atom is 0.401 e. The van der Waals surface area contributed by atoms with Gasteiger partial charge in [-0.15, -0.1) is 0 Å². The number of alkyl halides is 3. The van der Waals surface area contributed by atoms with Crippen LogP contribution in [0.1, 0.15) is 34.5 Å². The van der Waals surface area contributed by atoms with E-state index in [-0.39, 0.29) is 12.5 Å². The summed E-state index contributed by atoms with van der Waals surface area (Å²) in [5, 5.41) is 7.27. The molecule has 1 aromatic heterocycles. The molecule has 5 nitrogen and oxygen atoms in total. The Hall–Kier alpha value is -2.61. The zero-order valence-electron chi connectivity index (χ0n) is 17.9. The molecule has 0 saturated carbocycles. The average Bonchev–Trinajstić information content (AvgIpc) is 2.90. The normalized spacial score (nSPS) is 12.1. The first-order valence-electron chi connectivity index (χ1n) is 9.86. The van der Waals surface area contributed by atoms with Gasteiger partial charge in [-0.3, -0.25) is 14.4 Å². The molecule has 0 spiro atoms. The highest BCUT2D eigenvalue weighted by Crippen LogP contribution is 2.17. The quantitative estimate of drug-likeness (QED) is 0.493. The zero-order valence-corrected chi connectivity index (χ0v) is 17.9. The highest BCUT2D eigenvalue weighted by Gasteiger charge is 2.28. The first kappa shape index (κ1) is 23.7. The van der Waals surface area contributed by atoms with Crippen molar-refractivity contribution in [3.8, 4) is 0 Å². The minimum absolute atomic E-state index is 0.257. The van der Waals surface area contributed by atoms with Gasteiger partial charge in [-0.25, -0.2) is 0 Å². The molecule has 0 unspecified atom stereocenters. The second-order valence-electron chi connectivity index (χ2n) is 7.56. The van der Waals surface area contributed by atoms with Crippen molar-refractivity contribution in [1.82, 2.24) is 20.0 Å². The van der Waals surface area contributed by atoms with E-state index in [0.29, 0.717) is 19.5 Å². The van der Waals surface area contributed by atoms with Gasteiger partial charge in [-0.1, -0.05) is 29.8 Å². The van der Waals surface area contributed by atoms with Crippen molar-refractivity contribution in [2.45, 2.75) is 39.9 Å². The van der Waals surface area contributed by atoms with Gasteiger partial charge in [-0.2, -0.15) is 18.3 Å². The van der Waals surface area contributed by atoms with E-state index in [9.17, 15) is 18.0 Å². The molecule has 1 amide bonds. The number of rotatable bonds is 9. The summed E-state index contributed by atoms with van der Waals surface area (Å²) in [5.74, 6) is -0.279. The molecular weight excluding hydrogens is 393 g/mol. The molecule has 1 N–H and O–H groups in total. The standard InChI is InChI=1S/C22H29F3N4O/c1-16-6-8-19(9-7-16)14-29-18(3)20(17(2)27-29)10-11-21(30)26-12-5-13-28(4)15-22(23,24)25/h6-11H,5,12-15H2,1-4H3,(H,26,30)/b11-10+. The largest absolute Gasteiger partial charge is 0.401 e. The molecule has 8 heteroatoms. The van der Waals surface area contributed by atoms with Crippen LogP contribution in [0.3, 0.4) is 0 Å². The van der Waals surface area contributed by atoms with Crippen molar-refractivity contribution in [2.24, 2.45) is 0 Å². The number of halogens is 3. The van der Waals surface area contributed by atoms with Crippen LogP contribution in [0.4, 0.5) is 13.2 Å². The Kier molecular flexibility index (Phi) is 8.23. The Labute approximate surface area is 175 Å². The van der Waals surface area contributed by atoms with E-state index >= 15 is 0 Å². The van der Waals surface area contributed by atoms with Crippen LogP contribution in [-0.2, 0) is 11.3 Å². The van der Waals surface area contributed by atoms with E-state index in [1.165, 1.54) is 23.6 Å². The van der Waals surface area contributed by atoms with Gasteiger partial charge in [0.1, 0.15) is 0 Å². The number of benzene rings is 1. The Balaban J connectivity index is 1.86. The molecule has 0 aliphatic carbocycles. The Morgan fingerprint density at radius 2 is 1.87 bits per heavy atom. The summed E-state index contributed by atoms with van der Waals surface area (Å²) < 4.78 is 38.8. The molecule has 30 heavy (non-hydrogen) atoms. The molecule has 0 atom stereocenters. The van der Waals surface area contributed by atoms with E-state index in [1.807, 2.05) is 25.5 Å². The first-order valence-corrected chi connectivity index (χ1v) is 9.86. The van der Waals surface area contributed by atoms with Gasteiger partial charge < -0.3 is 5.32 Å². The monoisotopic (exact) mass is 422 g/mol. The number of nitrogens with one attached hydrogen (secondary N) is 1. The predicted molar refractivity (Wildman–Crippen MR) is 112 cm³/mol. The Bertz CT molecular complexity index is 870. The summed E-state index contributed by atoms with van der Waals surface area (Å²) in [4.78, 5) is 13.2. The molecule has 1 aromatic carbocycles. The number of hydrogen-bond acceptors (Lipinski definition) is 3. The minimum Gasteiger partial charge on any atom is -0.353 e. The van der Waals surface area contributed by atoms with Crippen LogP contribution >= 0.6 is 0 Å². The van der Waals surface area contributed by atoms with Gasteiger partial charge >= 0.3 is 6.18 Å². The number of aromatic nitrogens is 2. The van der Waals surface area contributed by atoms with Crippen LogP contribution in [-0.4, -0.2) is 53.4 Å². The van der Waals surface area contributed by atoms with Crippen LogP contribution in [0.5, 0.6) is 0 Å². The fourth-order valence-corrected chi connectivity index (χ4v) is 3.14. The fraction of sp³-hybridized carbons (Fsp3) is 0.455. The van der Waals surface area contributed by atoms with E-state index < -0.39 is 12.7 Å². The SMILES string of the molecule is Cc1ccc(Cn2nc(C)c(/C=C/C(=O)NCCCN(C)CC(F)(F)F)c2C)cc1. The second kappa shape index (κ2) is 10.4. The van der Waals surface area contributed by atoms with Gasteiger partial charge in [0, 0.05) is 23.9 Å². The number of carbonyl (C=O) groups excluding carboxylic acids is 1. The molecule has 0 bridgehead atoms. The Morgan fingerprint density at radius 3 is 2.50 bits per heavy atom. The molecule has 0 saturated heterocycles. The van der Waals surface area contributed by atoms with Crippen molar-refractivity contribution in [3.05, 3.63) is 58.4 Å². The first-order chi connectivity index (χ1) is 14.0. The molecule has 0 aliphatic heterocycles. The zero-order chi connectivity index (χ0) is 22.3. The molecular formula is C22H29F3N4O. The molecule has 2 aromatic rings. The summed E-state index contributed by atoms with van der Waals surface area (Å²) in [6.07, 6.45) is -0.597. The van der Waals surface area contributed by atoms with Gasteiger partial charge in [0.25, 0.3) is 0 Å². The summed E-state index contributed by atoms with van der Waals surface area (Å²) >= 11 is 0. The van der Waals surface area contributed by atoms with Crippen LogP contribution < -0.4 is 5.32 Å². The maximum absolute atomic E-state index is 12.3. The van der Waals surface area contributed by atoms with E-state index in [0.717, 1.165) is 22.5 Å². The molecule has 1 heterocycles. The van der Waals surface area contributed by atoms with E-state index in [4.69, 9.17) is 0 Å².